The van der Waals surface area contributed by atoms with Gasteiger partial charge in [-0.15, -0.1) is 0 Å². The number of carbonyl (C=O) groups is 1. The predicted molar refractivity (Wildman–Crippen MR) is 158 cm³/mol. The molecule has 1 fully saturated rings. The van der Waals surface area contributed by atoms with E-state index in [0.717, 1.165) is 42.1 Å². The zero-order chi connectivity index (χ0) is 30.2. The Kier molecular flexibility index (Phi) is 10.1. The van der Waals surface area contributed by atoms with Crippen molar-refractivity contribution in [2.45, 2.75) is 19.6 Å². The van der Waals surface area contributed by atoms with E-state index in [2.05, 4.69) is 30.2 Å². The molecule has 0 radical (unpaired) electrons. The summed E-state index contributed by atoms with van der Waals surface area (Å²) in [7, 11) is 0. The lowest BCUT2D eigenvalue weighted by molar-refractivity contribution is -0.0498. The van der Waals surface area contributed by atoms with Gasteiger partial charge < -0.3 is 30.6 Å². The Morgan fingerprint density at radius 2 is 2.02 bits per heavy atom. The fraction of sp³-hybridized carbons (Fsp3) is 0.367. The van der Waals surface area contributed by atoms with Crippen LogP contribution < -0.4 is 21.1 Å². The molecule has 0 spiro atoms. The number of halogens is 2. The molecule has 5 rings (SSSR count). The van der Waals surface area contributed by atoms with Gasteiger partial charge in [-0.05, 0) is 55.0 Å². The summed E-state index contributed by atoms with van der Waals surface area (Å²) >= 11 is 0. The van der Waals surface area contributed by atoms with Gasteiger partial charge in [0.25, 0.3) is 5.91 Å². The number of hydrogen-bond donors (Lipinski definition) is 3. The van der Waals surface area contributed by atoms with Gasteiger partial charge in [-0.2, -0.15) is 8.78 Å². The third kappa shape index (κ3) is 7.82. The number of amides is 1. The van der Waals surface area contributed by atoms with Crippen LogP contribution in [0, 0.1) is 6.92 Å². The quantitative estimate of drug-likeness (QED) is 0.199. The molecule has 11 nitrogen and oxygen atoms in total. The van der Waals surface area contributed by atoms with Crippen molar-refractivity contribution in [1.29, 1.82) is 0 Å². The molecule has 1 aliphatic rings. The SMILES string of the molecule is Cc1cc(Nc2nccn3c(-c4ccc(OC(F)F)cc4)cnc23)ccc1C(=O)NCCOCCN1CCOC(CN)C1. The molecule has 0 bridgehead atoms. The number of ether oxygens (including phenoxy) is 3. The molecule has 1 aliphatic heterocycles. The Balaban J connectivity index is 1.14. The van der Waals surface area contributed by atoms with Crippen LogP contribution in [-0.2, 0) is 9.47 Å². The van der Waals surface area contributed by atoms with E-state index >= 15 is 0 Å². The van der Waals surface area contributed by atoms with Crippen LogP contribution in [0.1, 0.15) is 15.9 Å². The topological polar surface area (TPSA) is 128 Å². The zero-order valence-corrected chi connectivity index (χ0v) is 23.8. The average molecular weight is 596 g/mol. The Morgan fingerprint density at radius 1 is 1.19 bits per heavy atom. The number of carbonyl (C=O) groups excluding carboxylic acids is 1. The van der Waals surface area contributed by atoms with Crippen LogP contribution in [0.2, 0.25) is 0 Å². The van der Waals surface area contributed by atoms with Crippen molar-refractivity contribution >= 4 is 23.1 Å². The maximum Gasteiger partial charge on any atom is 0.387 e. The first-order valence-corrected chi connectivity index (χ1v) is 14.1. The van der Waals surface area contributed by atoms with Gasteiger partial charge in [0.15, 0.2) is 11.5 Å². The van der Waals surface area contributed by atoms with Gasteiger partial charge in [0.1, 0.15) is 5.75 Å². The maximum atomic E-state index is 12.8. The van der Waals surface area contributed by atoms with Crippen LogP contribution in [0.5, 0.6) is 5.75 Å². The Hall–Kier alpha value is -4.17. The van der Waals surface area contributed by atoms with E-state index in [0.29, 0.717) is 49.9 Å². The summed E-state index contributed by atoms with van der Waals surface area (Å²) in [5.41, 5.74) is 9.93. The van der Waals surface area contributed by atoms with Gasteiger partial charge in [-0.3, -0.25) is 14.1 Å². The van der Waals surface area contributed by atoms with Gasteiger partial charge >= 0.3 is 6.61 Å². The smallest absolute Gasteiger partial charge is 0.387 e. The lowest BCUT2D eigenvalue weighted by atomic mass is 10.1. The Labute approximate surface area is 248 Å². The third-order valence-corrected chi connectivity index (χ3v) is 7.11. The molecular weight excluding hydrogens is 560 g/mol. The molecule has 43 heavy (non-hydrogen) atoms. The molecule has 4 aromatic rings. The van der Waals surface area contributed by atoms with Crippen molar-refractivity contribution in [3.63, 3.8) is 0 Å². The molecule has 1 atom stereocenters. The summed E-state index contributed by atoms with van der Waals surface area (Å²) < 4.78 is 42.5. The summed E-state index contributed by atoms with van der Waals surface area (Å²) in [5.74, 6) is 0.434. The average Bonchev–Trinajstić information content (AvgIpc) is 3.44. The number of fused-ring (bicyclic) bond motifs is 1. The number of alkyl halides is 2. The molecule has 1 unspecified atom stereocenters. The van der Waals surface area contributed by atoms with Crippen LogP contribution in [-0.4, -0.2) is 90.4 Å². The first-order valence-electron chi connectivity index (χ1n) is 14.1. The number of rotatable bonds is 13. The molecule has 228 valence electrons. The molecule has 0 saturated carbocycles. The van der Waals surface area contributed by atoms with Crippen molar-refractivity contribution in [3.8, 4) is 17.0 Å². The van der Waals surface area contributed by atoms with Crippen LogP contribution in [0.15, 0.2) is 61.1 Å². The van der Waals surface area contributed by atoms with E-state index in [9.17, 15) is 13.6 Å². The van der Waals surface area contributed by atoms with E-state index in [1.807, 2.05) is 23.5 Å². The second-order valence-corrected chi connectivity index (χ2v) is 10.1. The first kappa shape index (κ1) is 30.3. The molecular formula is C30H35F2N7O4. The maximum absolute atomic E-state index is 12.8. The number of nitrogens with one attached hydrogen (secondary N) is 2. The fourth-order valence-electron chi connectivity index (χ4n) is 4.91. The van der Waals surface area contributed by atoms with Gasteiger partial charge in [0, 0.05) is 61.9 Å². The number of morpholine rings is 1. The van der Waals surface area contributed by atoms with Gasteiger partial charge in [-0.1, -0.05) is 0 Å². The van der Waals surface area contributed by atoms with Gasteiger partial charge in [0.2, 0.25) is 0 Å². The summed E-state index contributed by atoms with van der Waals surface area (Å²) in [6.07, 6.45) is 5.18. The number of anilines is 2. The molecule has 4 N–H and O–H groups in total. The Morgan fingerprint density at radius 3 is 2.79 bits per heavy atom. The standard InChI is InChI=1S/C30H35F2N7O4/c1-20-16-22(4-7-25(20)29(40)35-9-13-41-14-11-38-12-15-42-24(17-33)19-38)37-27-28-36-18-26(39(28)10-8-34-27)21-2-5-23(6-3-21)43-30(31)32/h2-8,10,16,18,24,30H,9,11-15,17,19,33H2,1H3,(H,34,37)(H,35,40). The van der Waals surface area contributed by atoms with Crippen LogP contribution >= 0.6 is 0 Å². The molecule has 13 heteroatoms. The predicted octanol–water partition coefficient (Wildman–Crippen LogP) is 3.46. The highest BCUT2D eigenvalue weighted by Crippen LogP contribution is 2.27. The van der Waals surface area contributed by atoms with Crippen molar-refractivity contribution in [2.75, 3.05) is 57.9 Å². The van der Waals surface area contributed by atoms with E-state index in [-0.39, 0.29) is 17.8 Å². The van der Waals surface area contributed by atoms with E-state index in [4.69, 9.17) is 15.2 Å². The summed E-state index contributed by atoms with van der Waals surface area (Å²) in [6.45, 7) is 4.08. The molecule has 2 aromatic heterocycles. The minimum Gasteiger partial charge on any atom is -0.435 e. The van der Waals surface area contributed by atoms with Crippen LogP contribution in [0.3, 0.4) is 0 Å². The molecule has 0 aliphatic carbocycles. The number of imidazole rings is 1. The lowest BCUT2D eigenvalue weighted by Crippen LogP contribution is -2.46. The highest BCUT2D eigenvalue weighted by atomic mass is 19.3. The lowest BCUT2D eigenvalue weighted by Gasteiger charge is -2.32. The number of benzene rings is 2. The number of aromatic nitrogens is 3. The number of hydrogen-bond acceptors (Lipinski definition) is 9. The molecule has 1 amide bonds. The van der Waals surface area contributed by atoms with E-state index in [1.54, 1.807) is 36.8 Å². The summed E-state index contributed by atoms with van der Waals surface area (Å²) in [6, 6.07) is 11.8. The highest BCUT2D eigenvalue weighted by Gasteiger charge is 2.18. The summed E-state index contributed by atoms with van der Waals surface area (Å²) in [5, 5.41) is 6.19. The van der Waals surface area contributed by atoms with Gasteiger partial charge in [-0.25, -0.2) is 9.97 Å². The van der Waals surface area contributed by atoms with Crippen LogP contribution in [0.25, 0.3) is 16.9 Å². The number of nitrogens with two attached hydrogens (primary N) is 1. The highest BCUT2D eigenvalue weighted by molar-refractivity contribution is 5.96. The number of nitrogens with zero attached hydrogens (tertiary/aromatic N) is 4. The van der Waals surface area contributed by atoms with Crippen molar-refractivity contribution in [3.05, 3.63) is 72.2 Å². The van der Waals surface area contributed by atoms with Crippen LogP contribution in [0.4, 0.5) is 20.3 Å². The van der Waals surface area contributed by atoms with E-state index < -0.39 is 6.61 Å². The zero-order valence-electron chi connectivity index (χ0n) is 23.8. The molecule has 3 heterocycles. The second kappa shape index (κ2) is 14.3. The monoisotopic (exact) mass is 595 g/mol. The Bertz CT molecular complexity index is 1520. The minimum absolute atomic E-state index is 0.0799. The minimum atomic E-state index is -2.88. The third-order valence-electron chi connectivity index (χ3n) is 7.11. The molecule has 2 aromatic carbocycles. The van der Waals surface area contributed by atoms with Crippen molar-refractivity contribution in [1.82, 2.24) is 24.6 Å². The van der Waals surface area contributed by atoms with Crippen molar-refractivity contribution < 1.29 is 27.8 Å². The van der Waals surface area contributed by atoms with Crippen molar-refractivity contribution in [2.24, 2.45) is 5.73 Å². The summed E-state index contributed by atoms with van der Waals surface area (Å²) in [4.78, 5) is 24.0. The second-order valence-electron chi connectivity index (χ2n) is 10.1. The number of aryl methyl sites for hydroxylation is 1. The van der Waals surface area contributed by atoms with E-state index in [1.165, 1.54) is 12.1 Å². The first-order chi connectivity index (χ1) is 20.9. The molecule has 1 saturated heterocycles. The largest absolute Gasteiger partial charge is 0.435 e. The normalized spacial score (nSPS) is 15.6. The fourth-order valence-corrected chi connectivity index (χ4v) is 4.91. The van der Waals surface area contributed by atoms with Gasteiger partial charge in [0.05, 0.1) is 37.8 Å².